The van der Waals surface area contributed by atoms with Gasteiger partial charge in [0.1, 0.15) is 12.9 Å². The minimum absolute atomic E-state index is 0.201. The van der Waals surface area contributed by atoms with Crippen LogP contribution >= 0.6 is 12.2 Å². The minimum atomic E-state index is -1.37. The summed E-state index contributed by atoms with van der Waals surface area (Å²) in [6, 6.07) is 0. The van der Waals surface area contributed by atoms with Crippen molar-refractivity contribution in [3.8, 4) is 0 Å². The fraction of sp³-hybridized carbons (Fsp3) is 0.400. The molecule has 0 aromatic carbocycles. The Hall–Kier alpha value is -1.21. The van der Waals surface area contributed by atoms with Crippen LogP contribution in [-0.2, 0) is 14.3 Å². The lowest BCUT2D eigenvalue weighted by molar-refractivity contribution is -0.151. The predicted molar refractivity (Wildman–Crippen MR) is 43.4 cm³/mol. The number of thiocarbonyl (C=S) groups is 1. The molecular formula is C5H8N2O4S. The van der Waals surface area contributed by atoms with Crippen molar-refractivity contribution in [2.75, 3.05) is 6.61 Å². The third-order valence-corrected chi connectivity index (χ3v) is 0.946. The van der Waals surface area contributed by atoms with Crippen molar-refractivity contribution in [2.24, 2.45) is 5.73 Å². The summed E-state index contributed by atoms with van der Waals surface area (Å²) in [5.41, 5.74) is 4.99. The van der Waals surface area contributed by atoms with Crippen LogP contribution in [0.4, 0.5) is 0 Å². The van der Waals surface area contributed by atoms with E-state index in [0.717, 1.165) is 0 Å². The molecule has 0 aliphatic rings. The van der Waals surface area contributed by atoms with Gasteiger partial charge in [0.2, 0.25) is 6.23 Å². The Morgan fingerprint density at radius 3 is 2.75 bits per heavy atom. The first-order chi connectivity index (χ1) is 5.57. The van der Waals surface area contributed by atoms with Crippen LogP contribution in [0.15, 0.2) is 0 Å². The van der Waals surface area contributed by atoms with Gasteiger partial charge in [0.15, 0.2) is 5.11 Å². The number of hydrogen-bond acceptors (Lipinski definition) is 4. The van der Waals surface area contributed by atoms with Crippen LogP contribution in [0.25, 0.3) is 0 Å². The number of carbonyl (C=O) groups excluding carboxylic acids is 1. The zero-order chi connectivity index (χ0) is 9.56. The number of aldehydes is 1. The zero-order valence-electron chi connectivity index (χ0n) is 6.02. The van der Waals surface area contributed by atoms with E-state index in [1.807, 2.05) is 0 Å². The highest BCUT2D eigenvalue weighted by Crippen LogP contribution is 1.85. The van der Waals surface area contributed by atoms with Gasteiger partial charge in [-0.15, -0.1) is 0 Å². The summed E-state index contributed by atoms with van der Waals surface area (Å²) in [7, 11) is 0. The van der Waals surface area contributed by atoms with Gasteiger partial charge >= 0.3 is 5.97 Å². The average molecular weight is 192 g/mol. The third-order valence-electron chi connectivity index (χ3n) is 0.829. The average Bonchev–Trinajstić information content (AvgIpc) is 1.96. The number of carboxylic acids is 1. The maximum absolute atomic E-state index is 10.3. The number of aliphatic carboxylic acids is 1. The molecule has 0 spiro atoms. The molecule has 0 fully saturated rings. The maximum atomic E-state index is 10.3. The van der Waals surface area contributed by atoms with E-state index in [0.29, 0.717) is 6.29 Å². The molecule has 0 saturated heterocycles. The Morgan fingerprint density at radius 1 is 1.83 bits per heavy atom. The molecule has 4 N–H and O–H groups in total. The van der Waals surface area contributed by atoms with Crippen molar-refractivity contribution in [3.05, 3.63) is 0 Å². The van der Waals surface area contributed by atoms with Gasteiger partial charge < -0.3 is 25.7 Å². The summed E-state index contributed by atoms with van der Waals surface area (Å²) in [5.74, 6) is -1.29. The molecule has 0 bridgehead atoms. The van der Waals surface area contributed by atoms with E-state index in [-0.39, 0.29) is 11.7 Å². The van der Waals surface area contributed by atoms with E-state index >= 15 is 0 Å². The number of carbonyl (C=O) groups is 2. The van der Waals surface area contributed by atoms with Crippen LogP contribution in [0.2, 0.25) is 0 Å². The lowest BCUT2D eigenvalue weighted by Crippen LogP contribution is -2.45. The lowest BCUT2D eigenvalue weighted by atomic mass is 10.5. The second-order valence-electron chi connectivity index (χ2n) is 1.73. The second-order valence-corrected chi connectivity index (χ2v) is 2.17. The monoisotopic (exact) mass is 192 g/mol. The first-order valence-electron chi connectivity index (χ1n) is 2.92. The molecule has 0 heterocycles. The lowest BCUT2D eigenvalue weighted by Gasteiger charge is -2.12. The standard InChI is InChI=1S/C5H8N2O4S/c6-5(12)7-3(4(9)10)11-2-1-8/h1,3H,2H2,(H,9,10)(H3,6,7,12). The smallest absolute Gasteiger partial charge is 0.354 e. The molecule has 0 aliphatic heterocycles. The summed E-state index contributed by atoms with van der Waals surface area (Å²) >= 11 is 4.38. The van der Waals surface area contributed by atoms with Gasteiger partial charge in [-0.1, -0.05) is 0 Å². The highest BCUT2D eigenvalue weighted by molar-refractivity contribution is 7.80. The van der Waals surface area contributed by atoms with Gasteiger partial charge in [-0.05, 0) is 12.2 Å². The van der Waals surface area contributed by atoms with Crippen LogP contribution in [0.1, 0.15) is 0 Å². The minimum Gasteiger partial charge on any atom is -0.478 e. The first-order valence-corrected chi connectivity index (χ1v) is 3.32. The molecule has 0 aliphatic carbocycles. The van der Waals surface area contributed by atoms with Crippen LogP contribution in [0.5, 0.6) is 0 Å². The van der Waals surface area contributed by atoms with Crippen molar-refractivity contribution in [2.45, 2.75) is 6.23 Å². The number of nitrogens with one attached hydrogen (secondary N) is 1. The van der Waals surface area contributed by atoms with Crippen LogP contribution < -0.4 is 11.1 Å². The SMILES string of the molecule is NC(=S)NC(OCC=O)C(=O)O. The van der Waals surface area contributed by atoms with Gasteiger partial charge in [0.05, 0.1) is 0 Å². The molecule has 1 atom stereocenters. The van der Waals surface area contributed by atoms with Gasteiger partial charge in [-0.3, -0.25) is 0 Å². The number of carboxylic acid groups (broad SMARTS) is 1. The van der Waals surface area contributed by atoms with Crippen molar-refractivity contribution >= 4 is 29.6 Å². The highest BCUT2D eigenvalue weighted by atomic mass is 32.1. The quantitative estimate of drug-likeness (QED) is 0.275. The van der Waals surface area contributed by atoms with Crippen LogP contribution in [0, 0.1) is 0 Å². The third kappa shape index (κ3) is 4.58. The Bertz CT molecular complexity index is 196. The second kappa shape index (κ2) is 5.44. The summed E-state index contributed by atoms with van der Waals surface area (Å²) in [5, 5.41) is 10.4. The normalized spacial score (nSPS) is 11.7. The van der Waals surface area contributed by atoms with E-state index in [4.69, 9.17) is 10.8 Å². The van der Waals surface area contributed by atoms with Crippen molar-refractivity contribution in [1.82, 2.24) is 5.32 Å². The molecule has 0 amide bonds. The molecule has 68 valence electrons. The number of rotatable bonds is 5. The van der Waals surface area contributed by atoms with E-state index in [2.05, 4.69) is 22.3 Å². The van der Waals surface area contributed by atoms with Gasteiger partial charge in [0.25, 0.3) is 0 Å². The molecule has 12 heavy (non-hydrogen) atoms. The summed E-state index contributed by atoms with van der Waals surface area (Å²) < 4.78 is 4.52. The van der Waals surface area contributed by atoms with Crippen molar-refractivity contribution < 1.29 is 19.4 Å². The first kappa shape index (κ1) is 10.8. The molecule has 0 radical (unpaired) electrons. The largest absolute Gasteiger partial charge is 0.478 e. The highest BCUT2D eigenvalue weighted by Gasteiger charge is 2.17. The molecule has 0 saturated carbocycles. The van der Waals surface area contributed by atoms with E-state index in [9.17, 15) is 9.59 Å². The number of nitrogens with two attached hydrogens (primary N) is 1. The van der Waals surface area contributed by atoms with E-state index < -0.39 is 12.2 Å². The molecular weight excluding hydrogens is 184 g/mol. The molecule has 6 nitrogen and oxygen atoms in total. The molecule has 1 unspecified atom stereocenters. The Kier molecular flexibility index (Phi) is 4.89. The summed E-state index contributed by atoms with van der Waals surface area (Å²) in [6.07, 6.45) is -0.940. The number of ether oxygens (including phenoxy) is 1. The van der Waals surface area contributed by atoms with E-state index in [1.165, 1.54) is 0 Å². The molecule has 7 heteroatoms. The summed E-state index contributed by atoms with van der Waals surface area (Å²) in [4.78, 5) is 20.1. The fourth-order valence-corrected chi connectivity index (χ4v) is 0.546. The predicted octanol–water partition coefficient (Wildman–Crippen LogP) is -1.55. The van der Waals surface area contributed by atoms with E-state index in [1.54, 1.807) is 0 Å². The maximum Gasteiger partial charge on any atom is 0.354 e. The Morgan fingerprint density at radius 2 is 2.42 bits per heavy atom. The van der Waals surface area contributed by atoms with Crippen LogP contribution in [0.3, 0.4) is 0 Å². The zero-order valence-corrected chi connectivity index (χ0v) is 6.84. The topological polar surface area (TPSA) is 102 Å². The van der Waals surface area contributed by atoms with Crippen molar-refractivity contribution in [1.29, 1.82) is 0 Å². The van der Waals surface area contributed by atoms with Crippen LogP contribution in [-0.4, -0.2) is 35.3 Å². The van der Waals surface area contributed by atoms with Crippen molar-refractivity contribution in [3.63, 3.8) is 0 Å². The number of hydrogen-bond donors (Lipinski definition) is 3. The van der Waals surface area contributed by atoms with Gasteiger partial charge in [-0.2, -0.15) is 0 Å². The van der Waals surface area contributed by atoms with Gasteiger partial charge in [-0.25, -0.2) is 4.79 Å². The van der Waals surface area contributed by atoms with Gasteiger partial charge in [0, 0.05) is 0 Å². The Balaban J connectivity index is 3.94. The Labute approximate surface area is 73.7 Å². The molecule has 0 aromatic rings. The molecule has 0 aromatic heterocycles. The fourth-order valence-electron chi connectivity index (χ4n) is 0.439. The molecule has 0 rings (SSSR count). The summed E-state index contributed by atoms with van der Waals surface area (Å²) in [6.45, 7) is -0.327.